The predicted molar refractivity (Wildman–Crippen MR) is 46.7 cm³/mol. The van der Waals surface area contributed by atoms with Crippen LogP contribution in [-0.4, -0.2) is 36.0 Å². The first-order valence-corrected chi connectivity index (χ1v) is 4.93. The fourth-order valence-electron chi connectivity index (χ4n) is 1.22. The van der Waals surface area contributed by atoms with Crippen molar-refractivity contribution in [2.75, 3.05) is 0 Å². The highest BCUT2D eigenvalue weighted by atomic mass is 19.4. The lowest BCUT2D eigenvalue weighted by Crippen LogP contribution is -2.61. The molecule has 20 heavy (non-hydrogen) atoms. The van der Waals surface area contributed by atoms with Crippen LogP contribution in [0.2, 0.25) is 0 Å². The molecular weight excluding hydrogens is 311 g/mol. The highest BCUT2D eigenvalue weighted by Gasteiger charge is 2.81. The molecule has 0 aliphatic rings. The molecule has 0 bridgehead atoms. The van der Waals surface area contributed by atoms with Gasteiger partial charge in [0.05, 0.1) is 6.42 Å². The normalized spacial score (nSPS) is 15.9. The molecule has 0 aromatic rings. The van der Waals surface area contributed by atoms with E-state index in [1.165, 1.54) is 0 Å². The summed E-state index contributed by atoms with van der Waals surface area (Å²) in [5, 5.41) is 0. The Hall–Kier alpha value is -1.16. The second-order valence-corrected chi connectivity index (χ2v) is 3.98. The predicted octanol–water partition coefficient (Wildman–Crippen LogP) is 3.80. The van der Waals surface area contributed by atoms with Crippen LogP contribution in [0.4, 0.5) is 39.5 Å². The van der Waals surface area contributed by atoms with Gasteiger partial charge in [-0.15, -0.1) is 0 Å². The molecule has 0 heterocycles. The molecule has 0 N–H and O–H groups in total. The maximum absolute atomic E-state index is 13.0. The van der Waals surface area contributed by atoms with Crippen molar-refractivity contribution >= 4 is 5.97 Å². The van der Waals surface area contributed by atoms with Gasteiger partial charge < -0.3 is 4.74 Å². The van der Waals surface area contributed by atoms with Gasteiger partial charge in [0.1, 0.15) is 6.10 Å². The standard InChI is InChI=1S/C9H9F9O2/c1-4(20-5(2)19)3-6(10,11)7(12,13)8(14,15)9(16,17)18/h4H,3H2,1-2H3. The summed E-state index contributed by atoms with van der Waals surface area (Å²) in [5.41, 5.74) is 0. The van der Waals surface area contributed by atoms with Crippen LogP contribution in [0.1, 0.15) is 20.3 Å². The van der Waals surface area contributed by atoms with Crippen molar-refractivity contribution in [3.8, 4) is 0 Å². The average molecular weight is 320 g/mol. The van der Waals surface area contributed by atoms with Crippen LogP contribution in [-0.2, 0) is 9.53 Å². The molecule has 0 fully saturated rings. The number of hydrogen-bond acceptors (Lipinski definition) is 2. The zero-order valence-electron chi connectivity index (χ0n) is 10.0. The van der Waals surface area contributed by atoms with E-state index in [1.54, 1.807) is 0 Å². The first-order chi connectivity index (χ1) is 8.56. The van der Waals surface area contributed by atoms with Crippen LogP contribution in [0.15, 0.2) is 0 Å². The molecule has 0 radical (unpaired) electrons. The van der Waals surface area contributed by atoms with E-state index in [0.717, 1.165) is 6.92 Å². The fraction of sp³-hybridized carbons (Fsp3) is 0.889. The van der Waals surface area contributed by atoms with Crippen LogP contribution in [0, 0.1) is 0 Å². The van der Waals surface area contributed by atoms with Crippen molar-refractivity contribution in [3.05, 3.63) is 0 Å². The van der Waals surface area contributed by atoms with Gasteiger partial charge in [0, 0.05) is 6.92 Å². The highest BCUT2D eigenvalue weighted by molar-refractivity contribution is 5.66. The van der Waals surface area contributed by atoms with Crippen LogP contribution in [0.25, 0.3) is 0 Å². The van der Waals surface area contributed by atoms with Crippen LogP contribution >= 0.6 is 0 Å². The largest absolute Gasteiger partial charge is 0.463 e. The highest BCUT2D eigenvalue weighted by Crippen LogP contribution is 2.54. The summed E-state index contributed by atoms with van der Waals surface area (Å²) in [4.78, 5) is 10.4. The van der Waals surface area contributed by atoms with Gasteiger partial charge in [-0.1, -0.05) is 0 Å². The Morgan fingerprint density at radius 1 is 0.950 bits per heavy atom. The molecule has 0 aliphatic heterocycles. The molecule has 0 aromatic carbocycles. The molecular formula is C9H9F9O2. The van der Waals surface area contributed by atoms with E-state index in [9.17, 15) is 44.3 Å². The number of carbonyl (C=O) groups is 1. The fourth-order valence-corrected chi connectivity index (χ4v) is 1.22. The topological polar surface area (TPSA) is 26.3 Å². The third-order valence-electron chi connectivity index (χ3n) is 2.12. The number of halogens is 9. The summed E-state index contributed by atoms with van der Waals surface area (Å²) < 4.78 is 116. The van der Waals surface area contributed by atoms with Gasteiger partial charge in [-0.2, -0.15) is 39.5 Å². The number of esters is 1. The number of carbonyl (C=O) groups excluding carboxylic acids is 1. The molecule has 0 amide bonds. The Balaban J connectivity index is 5.31. The molecule has 0 saturated heterocycles. The van der Waals surface area contributed by atoms with Gasteiger partial charge in [-0.3, -0.25) is 4.79 Å². The summed E-state index contributed by atoms with van der Waals surface area (Å²) in [7, 11) is 0. The minimum absolute atomic E-state index is 0.650. The van der Waals surface area contributed by atoms with Gasteiger partial charge in [0.15, 0.2) is 0 Å². The van der Waals surface area contributed by atoms with Crippen molar-refractivity contribution in [1.82, 2.24) is 0 Å². The molecule has 0 aromatic heterocycles. The van der Waals surface area contributed by atoms with Gasteiger partial charge in [-0.25, -0.2) is 0 Å². The lowest BCUT2D eigenvalue weighted by Gasteiger charge is -2.34. The number of rotatable bonds is 5. The molecule has 120 valence electrons. The Morgan fingerprint density at radius 2 is 1.35 bits per heavy atom. The van der Waals surface area contributed by atoms with Gasteiger partial charge >= 0.3 is 29.9 Å². The van der Waals surface area contributed by atoms with E-state index in [2.05, 4.69) is 4.74 Å². The third kappa shape index (κ3) is 3.48. The second-order valence-electron chi connectivity index (χ2n) is 3.98. The average Bonchev–Trinajstić information content (AvgIpc) is 2.12. The van der Waals surface area contributed by atoms with Crippen molar-refractivity contribution < 1.29 is 49.0 Å². The van der Waals surface area contributed by atoms with Gasteiger partial charge in [0.2, 0.25) is 0 Å². The minimum Gasteiger partial charge on any atom is -0.463 e. The van der Waals surface area contributed by atoms with E-state index in [1.807, 2.05) is 0 Å². The van der Waals surface area contributed by atoms with E-state index in [-0.39, 0.29) is 0 Å². The molecule has 1 unspecified atom stereocenters. The number of hydrogen-bond donors (Lipinski definition) is 0. The second kappa shape index (κ2) is 5.32. The van der Waals surface area contributed by atoms with Gasteiger partial charge in [0.25, 0.3) is 0 Å². The maximum atomic E-state index is 13.0. The first kappa shape index (κ1) is 18.8. The lowest BCUT2D eigenvalue weighted by atomic mass is 9.99. The molecule has 2 nitrogen and oxygen atoms in total. The van der Waals surface area contributed by atoms with Gasteiger partial charge in [-0.05, 0) is 6.92 Å². The Labute approximate surface area is 106 Å². The smallest absolute Gasteiger partial charge is 0.460 e. The monoisotopic (exact) mass is 320 g/mol. The van der Waals surface area contributed by atoms with Crippen LogP contribution in [0.3, 0.4) is 0 Å². The number of alkyl halides is 9. The molecule has 1 atom stereocenters. The molecule has 0 spiro atoms. The van der Waals surface area contributed by atoms with Crippen LogP contribution in [0.5, 0.6) is 0 Å². The van der Waals surface area contributed by atoms with Crippen LogP contribution < -0.4 is 0 Å². The Morgan fingerprint density at radius 3 is 1.65 bits per heavy atom. The lowest BCUT2D eigenvalue weighted by molar-refractivity contribution is -0.398. The SMILES string of the molecule is CC(=O)OC(C)CC(F)(F)C(F)(F)C(F)(F)C(F)(F)F. The van der Waals surface area contributed by atoms with Crippen molar-refractivity contribution in [2.45, 2.75) is 50.3 Å². The van der Waals surface area contributed by atoms with Crippen molar-refractivity contribution in [3.63, 3.8) is 0 Å². The summed E-state index contributed by atoms with van der Waals surface area (Å²) >= 11 is 0. The van der Waals surface area contributed by atoms with Crippen molar-refractivity contribution in [2.24, 2.45) is 0 Å². The summed E-state index contributed by atoms with van der Waals surface area (Å²) in [5.74, 6) is -20.5. The van der Waals surface area contributed by atoms with E-state index in [4.69, 9.17) is 0 Å². The Bertz CT molecular complexity index is 361. The summed E-state index contributed by atoms with van der Waals surface area (Å²) in [6.45, 7) is 1.37. The van der Waals surface area contributed by atoms with E-state index in [0.29, 0.717) is 6.92 Å². The van der Waals surface area contributed by atoms with E-state index < -0.39 is 42.4 Å². The third-order valence-corrected chi connectivity index (χ3v) is 2.12. The molecule has 0 rings (SSSR count). The zero-order valence-corrected chi connectivity index (χ0v) is 10.0. The summed E-state index contributed by atoms with van der Waals surface area (Å²) in [6.07, 6.45) is -11.0. The Kier molecular flexibility index (Phi) is 5.01. The number of ether oxygens (including phenoxy) is 1. The zero-order chi connectivity index (χ0) is 16.6. The molecule has 11 heteroatoms. The molecule has 0 saturated carbocycles. The quantitative estimate of drug-likeness (QED) is 0.569. The van der Waals surface area contributed by atoms with E-state index >= 15 is 0 Å². The first-order valence-electron chi connectivity index (χ1n) is 4.93. The minimum atomic E-state index is -6.93. The molecule has 0 aliphatic carbocycles. The maximum Gasteiger partial charge on any atom is 0.460 e. The summed E-state index contributed by atoms with van der Waals surface area (Å²) in [6, 6.07) is 0. The van der Waals surface area contributed by atoms with Crippen molar-refractivity contribution in [1.29, 1.82) is 0 Å².